The van der Waals surface area contributed by atoms with Crippen molar-refractivity contribution in [3.8, 4) is 0 Å². The smallest absolute Gasteiger partial charge is 0.149 e. The maximum Gasteiger partial charge on any atom is 0.149 e. The van der Waals surface area contributed by atoms with Crippen LogP contribution in [0.2, 0.25) is 0 Å². The molecule has 0 amide bonds. The zero-order valence-corrected chi connectivity index (χ0v) is 12.2. The summed E-state index contributed by atoms with van der Waals surface area (Å²) in [5.41, 5.74) is 7.28. The number of rotatable bonds is 5. The van der Waals surface area contributed by atoms with E-state index in [1.54, 1.807) is 0 Å². The van der Waals surface area contributed by atoms with Crippen molar-refractivity contribution in [3.63, 3.8) is 0 Å². The SMILES string of the molecule is CS(=O)(=O)CCn1c(CC(N)=S)nc2ccccc21. The Morgan fingerprint density at radius 2 is 2.11 bits per heavy atom. The maximum atomic E-state index is 11.3. The first-order valence-electron chi connectivity index (χ1n) is 5.77. The average molecular weight is 297 g/mol. The number of thiocarbonyl (C=S) groups is 1. The molecule has 7 heteroatoms. The van der Waals surface area contributed by atoms with Crippen molar-refractivity contribution in [1.82, 2.24) is 9.55 Å². The van der Waals surface area contributed by atoms with Gasteiger partial charge in [0.15, 0.2) is 0 Å². The molecule has 0 aliphatic carbocycles. The molecule has 5 nitrogen and oxygen atoms in total. The van der Waals surface area contributed by atoms with Crippen molar-refractivity contribution in [3.05, 3.63) is 30.1 Å². The Labute approximate surface area is 117 Å². The summed E-state index contributed by atoms with van der Waals surface area (Å²) < 4.78 is 24.5. The molecule has 0 bridgehead atoms. The second-order valence-electron chi connectivity index (χ2n) is 4.44. The molecule has 102 valence electrons. The van der Waals surface area contributed by atoms with Gasteiger partial charge >= 0.3 is 0 Å². The van der Waals surface area contributed by atoms with Crippen LogP contribution in [0.15, 0.2) is 24.3 Å². The fourth-order valence-electron chi connectivity index (χ4n) is 1.92. The molecule has 0 aliphatic heterocycles. The highest BCUT2D eigenvalue weighted by molar-refractivity contribution is 7.90. The van der Waals surface area contributed by atoms with Crippen molar-refractivity contribution in [2.75, 3.05) is 12.0 Å². The molecular formula is C12H15N3O2S2. The highest BCUT2D eigenvalue weighted by Crippen LogP contribution is 2.16. The molecule has 0 saturated heterocycles. The van der Waals surface area contributed by atoms with E-state index in [1.807, 2.05) is 28.8 Å². The Kier molecular flexibility index (Phi) is 3.86. The summed E-state index contributed by atoms with van der Waals surface area (Å²) in [6.07, 6.45) is 1.59. The van der Waals surface area contributed by atoms with Crippen LogP contribution in [0.3, 0.4) is 0 Å². The Balaban J connectivity index is 2.45. The predicted molar refractivity (Wildman–Crippen MR) is 79.9 cm³/mol. The second-order valence-corrected chi connectivity index (χ2v) is 7.23. The van der Waals surface area contributed by atoms with Crippen molar-refractivity contribution in [2.24, 2.45) is 5.73 Å². The number of nitrogens with zero attached hydrogens (tertiary/aromatic N) is 2. The molecule has 2 N–H and O–H groups in total. The third-order valence-electron chi connectivity index (χ3n) is 2.75. The Bertz CT molecular complexity index is 720. The van der Waals surface area contributed by atoms with Gasteiger partial charge in [0.2, 0.25) is 0 Å². The van der Waals surface area contributed by atoms with E-state index in [1.165, 1.54) is 6.26 Å². The van der Waals surface area contributed by atoms with Crippen LogP contribution in [-0.2, 0) is 22.8 Å². The summed E-state index contributed by atoms with van der Waals surface area (Å²) in [6, 6.07) is 7.58. The molecule has 19 heavy (non-hydrogen) atoms. The molecule has 2 rings (SSSR count). The Morgan fingerprint density at radius 1 is 1.42 bits per heavy atom. The van der Waals surface area contributed by atoms with Gasteiger partial charge in [0, 0.05) is 12.8 Å². The molecule has 0 spiro atoms. The molecule has 0 aliphatic rings. The molecule has 1 aromatic heterocycles. The quantitative estimate of drug-likeness (QED) is 0.830. The molecule has 1 heterocycles. The van der Waals surface area contributed by atoms with Crippen LogP contribution < -0.4 is 5.73 Å². The number of imidazole rings is 1. The molecule has 0 radical (unpaired) electrons. The number of hydrogen-bond acceptors (Lipinski definition) is 4. The summed E-state index contributed by atoms with van der Waals surface area (Å²) in [6.45, 7) is 0.358. The molecular weight excluding hydrogens is 282 g/mol. The molecule has 0 saturated carbocycles. The van der Waals surface area contributed by atoms with Crippen molar-refractivity contribution >= 4 is 38.1 Å². The molecule has 0 unspecified atom stereocenters. The van der Waals surface area contributed by atoms with Crippen LogP contribution in [0.4, 0.5) is 0 Å². The first-order valence-corrected chi connectivity index (χ1v) is 8.24. The van der Waals surface area contributed by atoms with Gasteiger partial charge in [0.25, 0.3) is 0 Å². The normalized spacial score (nSPS) is 11.8. The molecule has 0 atom stereocenters. The minimum Gasteiger partial charge on any atom is -0.393 e. The standard InChI is InChI=1S/C12H15N3O2S2/c1-19(16,17)7-6-15-10-5-3-2-4-9(10)14-12(15)8-11(13)18/h2-5H,6-8H2,1H3,(H2,13,18). The van der Waals surface area contributed by atoms with Crippen LogP contribution in [0, 0.1) is 0 Å². The lowest BCUT2D eigenvalue weighted by Crippen LogP contribution is -2.18. The number of aromatic nitrogens is 2. The summed E-state index contributed by atoms with van der Waals surface area (Å²) in [4.78, 5) is 4.80. The van der Waals surface area contributed by atoms with E-state index in [-0.39, 0.29) is 5.75 Å². The van der Waals surface area contributed by atoms with Crippen molar-refractivity contribution < 1.29 is 8.42 Å². The van der Waals surface area contributed by atoms with Gasteiger partial charge in [-0.15, -0.1) is 0 Å². The Morgan fingerprint density at radius 3 is 2.74 bits per heavy atom. The third-order valence-corrected chi connectivity index (χ3v) is 3.82. The van der Waals surface area contributed by atoms with Gasteiger partial charge in [0.05, 0.1) is 28.2 Å². The maximum absolute atomic E-state index is 11.3. The monoisotopic (exact) mass is 297 g/mol. The van der Waals surface area contributed by atoms with E-state index in [4.69, 9.17) is 18.0 Å². The van der Waals surface area contributed by atoms with Gasteiger partial charge in [-0.3, -0.25) is 0 Å². The predicted octanol–water partition coefficient (Wildman–Crippen LogP) is 0.909. The lowest BCUT2D eigenvalue weighted by Gasteiger charge is -2.07. The van der Waals surface area contributed by atoms with E-state index >= 15 is 0 Å². The van der Waals surface area contributed by atoms with E-state index in [2.05, 4.69) is 4.98 Å². The lowest BCUT2D eigenvalue weighted by atomic mass is 10.3. The van der Waals surface area contributed by atoms with Crippen molar-refractivity contribution in [2.45, 2.75) is 13.0 Å². The minimum absolute atomic E-state index is 0.0672. The fourth-order valence-corrected chi connectivity index (χ4v) is 2.57. The highest BCUT2D eigenvalue weighted by atomic mass is 32.2. The summed E-state index contributed by atoms with van der Waals surface area (Å²) in [7, 11) is -3.03. The van der Waals surface area contributed by atoms with Gasteiger partial charge in [-0.2, -0.15) is 0 Å². The van der Waals surface area contributed by atoms with Crippen molar-refractivity contribution in [1.29, 1.82) is 0 Å². The van der Waals surface area contributed by atoms with Gasteiger partial charge in [-0.25, -0.2) is 13.4 Å². The zero-order chi connectivity index (χ0) is 14.0. The first kappa shape index (κ1) is 14.0. The van der Waals surface area contributed by atoms with E-state index < -0.39 is 9.84 Å². The average Bonchev–Trinajstić information content (AvgIpc) is 2.61. The highest BCUT2D eigenvalue weighted by Gasteiger charge is 2.13. The number of hydrogen-bond donors (Lipinski definition) is 1. The summed E-state index contributed by atoms with van der Waals surface area (Å²) in [5.74, 6) is 0.773. The van der Waals surface area contributed by atoms with Crippen LogP contribution >= 0.6 is 12.2 Å². The van der Waals surface area contributed by atoms with Gasteiger partial charge < -0.3 is 10.3 Å². The van der Waals surface area contributed by atoms with Crippen LogP contribution in [0.5, 0.6) is 0 Å². The van der Waals surface area contributed by atoms with E-state index in [0.717, 1.165) is 11.0 Å². The Hall–Kier alpha value is -1.47. The van der Waals surface area contributed by atoms with Crippen LogP contribution in [-0.4, -0.2) is 35.0 Å². The molecule has 1 aromatic carbocycles. The zero-order valence-electron chi connectivity index (χ0n) is 10.5. The van der Waals surface area contributed by atoms with Gasteiger partial charge in [-0.1, -0.05) is 24.4 Å². The number of nitrogens with two attached hydrogens (primary N) is 1. The van der Waals surface area contributed by atoms with Crippen LogP contribution in [0.1, 0.15) is 5.82 Å². The van der Waals surface area contributed by atoms with Gasteiger partial charge in [-0.05, 0) is 12.1 Å². The number of aryl methyl sites for hydroxylation is 1. The summed E-state index contributed by atoms with van der Waals surface area (Å²) in [5, 5.41) is 0. The lowest BCUT2D eigenvalue weighted by molar-refractivity contribution is 0.594. The topological polar surface area (TPSA) is 78.0 Å². The first-order chi connectivity index (χ1) is 8.87. The third kappa shape index (κ3) is 3.51. The largest absolute Gasteiger partial charge is 0.393 e. The summed E-state index contributed by atoms with van der Waals surface area (Å²) >= 11 is 4.91. The molecule has 2 aromatic rings. The second kappa shape index (κ2) is 5.26. The number of para-hydroxylation sites is 2. The number of sulfone groups is 1. The van der Waals surface area contributed by atoms with Gasteiger partial charge in [0.1, 0.15) is 15.7 Å². The fraction of sp³-hybridized carbons (Fsp3) is 0.333. The number of benzene rings is 1. The van der Waals surface area contributed by atoms with Crippen LogP contribution in [0.25, 0.3) is 11.0 Å². The van der Waals surface area contributed by atoms with E-state index in [0.29, 0.717) is 23.8 Å². The molecule has 0 fully saturated rings. The number of fused-ring (bicyclic) bond motifs is 1. The van der Waals surface area contributed by atoms with E-state index in [9.17, 15) is 8.42 Å². The minimum atomic E-state index is -3.03.